The molecule has 25 heavy (non-hydrogen) atoms. The zero-order valence-corrected chi connectivity index (χ0v) is 17.5. The van der Waals surface area contributed by atoms with E-state index in [4.69, 9.17) is 10.2 Å². The molecule has 0 spiro atoms. The molecule has 4 nitrogen and oxygen atoms in total. The molecule has 0 saturated carbocycles. The van der Waals surface area contributed by atoms with Crippen LogP contribution < -0.4 is 0 Å². The van der Waals surface area contributed by atoms with Gasteiger partial charge in [0.1, 0.15) is 0 Å². The fourth-order valence-electron chi connectivity index (χ4n) is 2.47. The van der Waals surface area contributed by atoms with Crippen molar-refractivity contribution in [2.45, 2.75) is 117 Å². The van der Waals surface area contributed by atoms with Crippen molar-refractivity contribution in [1.82, 2.24) is 0 Å². The van der Waals surface area contributed by atoms with Crippen LogP contribution in [0.5, 0.6) is 0 Å². The Hall–Kier alpha value is -0.541. The predicted molar refractivity (Wildman–Crippen MR) is 100 cm³/mol. The molecule has 0 aromatic heterocycles. The summed E-state index contributed by atoms with van der Waals surface area (Å²) in [6.07, 6.45) is 17.3. The van der Waals surface area contributed by atoms with E-state index in [2.05, 4.69) is 13.8 Å². The first-order valence-electron chi connectivity index (χ1n) is 9.98. The molecular formula is C20H40FeO4. The van der Waals surface area contributed by atoms with Gasteiger partial charge in [0.25, 0.3) is 0 Å². The van der Waals surface area contributed by atoms with E-state index in [0.29, 0.717) is 12.8 Å². The summed E-state index contributed by atoms with van der Waals surface area (Å²) in [6.45, 7) is 4.40. The fraction of sp³-hybridized carbons (Fsp3) is 0.900. The minimum atomic E-state index is -0.663. The molecule has 0 saturated heterocycles. The van der Waals surface area contributed by atoms with E-state index in [1.807, 2.05) is 0 Å². The quantitative estimate of drug-likeness (QED) is 0.232. The molecule has 0 aliphatic carbocycles. The molecule has 0 aliphatic rings. The van der Waals surface area contributed by atoms with Crippen LogP contribution in [0.3, 0.4) is 0 Å². The van der Waals surface area contributed by atoms with Crippen molar-refractivity contribution in [1.29, 1.82) is 0 Å². The second-order valence-electron chi connectivity index (χ2n) is 6.53. The minimum absolute atomic E-state index is 0. The van der Waals surface area contributed by atoms with Crippen LogP contribution in [-0.2, 0) is 26.7 Å². The van der Waals surface area contributed by atoms with Crippen LogP contribution in [0.1, 0.15) is 117 Å². The van der Waals surface area contributed by atoms with Crippen molar-refractivity contribution >= 4 is 11.9 Å². The first-order chi connectivity index (χ1) is 11.5. The van der Waals surface area contributed by atoms with Gasteiger partial charge in [-0.05, 0) is 12.8 Å². The van der Waals surface area contributed by atoms with Gasteiger partial charge in [0.05, 0.1) is 0 Å². The van der Waals surface area contributed by atoms with Crippen LogP contribution >= 0.6 is 0 Å². The van der Waals surface area contributed by atoms with Crippen LogP contribution in [0.2, 0.25) is 0 Å². The minimum Gasteiger partial charge on any atom is -0.481 e. The first kappa shape index (κ1) is 29.2. The van der Waals surface area contributed by atoms with E-state index in [1.165, 1.54) is 64.2 Å². The topological polar surface area (TPSA) is 74.6 Å². The number of aliphatic carboxylic acids is 2. The van der Waals surface area contributed by atoms with Crippen molar-refractivity contribution in [3.63, 3.8) is 0 Å². The average Bonchev–Trinajstić information content (AvgIpc) is 2.53. The summed E-state index contributed by atoms with van der Waals surface area (Å²) in [5, 5.41) is 16.7. The second kappa shape index (κ2) is 25.7. The zero-order chi connectivity index (χ0) is 18.5. The maximum atomic E-state index is 10.1. The van der Waals surface area contributed by atoms with Crippen LogP contribution in [0.15, 0.2) is 0 Å². The molecule has 0 amide bonds. The molecule has 0 aliphatic heterocycles. The van der Waals surface area contributed by atoms with E-state index in [1.54, 1.807) is 0 Å². The molecular weight excluding hydrogens is 360 g/mol. The van der Waals surface area contributed by atoms with Crippen LogP contribution in [0.4, 0.5) is 0 Å². The number of carboxylic acids is 2. The molecule has 0 aromatic rings. The van der Waals surface area contributed by atoms with E-state index in [9.17, 15) is 9.59 Å². The average molecular weight is 400 g/mol. The van der Waals surface area contributed by atoms with Gasteiger partial charge >= 0.3 is 11.9 Å². The van der Waals surface area contributed by atoms with Gasteiger partial charge in [0, 0.05) is 29.9 Å². The van der Waals surface area contributed by atoms with Gasteiger partial charge in [-0.2, -0.15) is 0 Å². The number of hydrogen-bond donors (Lipinski definition) is 2. The molecule has 0 aromatic carbocycles. The number of carbonyl (C=O) groups is 2. The van der Waals surface area contributed by atoms with Crippen LogP contribution in [0.25, 0.3) is 0 Å². The van der Waals surface area contributed by atoms with Gasteiger partial charge in [-0.25, -0.2) is 0 Å². The smallest absolute Gasteiger partial charge is 0.303 e. The summed E-state index contributed by atoms with van der Waals surface area (Å²) in [6, 6.07) is 0. The van der Waals surface area contributed by atoms with Gasteiger partial charge in [-0.3, -0.25) is 9.59 Å². The third-order valence-corrected chi connectivity index (χ3v) is 3.99. The zero-order valence-electron chi connectivity index (χ0n) is 16.4. The molecule has 0 atom stereocenters. The Bertz CT molecular complexity index is 255. The monoisotopic (exact) mass is 400 g/mol. The van der Waals surface area contributed by atoms with E-state index in [-0.39, 0.29) is 17.1 Å². The molecule has 0 heterocycles. The molecule has 0 radical (unpaired) electrons. The summed E-state index contributed by atoms with van der Waals surface area (Å²) in [4.78, 5) is 20.3. The van der Waals surface area contributed by atoms with Crippen LogP contribution in [0, 0.1) is 0 Å². The van der Waals surface area contributed by atoms with Gasteiger partial charge in [0.15, 0.2) is 0 Å². The Morgan fingerprint density at radius 3 is 1.00 bits per heavy atom. The SMILES string of the molecule is CCCCCCCCCC(=O)O.CCCCCCCCCC(=O)O.[Fe]. The van der Waals surface area contributed by atoms with Gasteiger partial charge in [-0.15, -0.1) is 0 Å². The van der Waals surface area contributed by atoms with Gasteiger partial charge in [0.2, 0.25) is 0 Å². The number of unbranched alkanes of at least 4 members (excludes halogenated alkanes) is 12. The summed E-state index contributed by atoms with van der Waals surface area (Å²) in [5.41, 5.74) is 0. The van der Waals surface area contributed by atoms with Crippen molar-refractivity contribution in [2.75, 3.05) is 0 Å². The van der Waals surface area contributed by atoms with Crippen molar-refractivity contribution < 1.29 is 36.9 Å². The second-order valence-corrected chi connectivity index (χ2v) is 6.53. The Labute approximate surface area is 165 Å². The Kier molecular flexibility index (Phi) is 30.0. The standard InChI is InChI=1S/2C10H20O2.Fe/c2*1-2-3-4-5-6-7-8-9-10(11)12;/h2*2-9H2,1H3,(H,11,12);. The summed E-state index contributed by atoms with van der Waals surface area (Å²) in [5.74, 6) is -1.33. The molecule has 2 N–H and O–H groups in total. The first-order valence-corrected chi connectivity index (χ1v) is 9.98. The normalized spacial score (nSPS) is 9.68. The van der Waals surface area contributed by atoms with Gasteiger partial charge in [-0.1, -0.05) is 90.9 Å². The third-order valence-electron chi connectivity index (χ3n) is 3.99. The maximum Gasteiger partial charge on any atom is 0.303 e. The Morgan fingerprint density at radius 2 is 0.760 bits per heavy atom. The molecule has 0 bridgehead atoms. The number of rotatable bonds is 16. The summed E-state index contributed by atoms with van der Waals surface area (Å²) in [7, 11) is 0. The Balaban J connectivity index is -0.000000372. The third kappa shape index (κ3) is 35.4. The van der Waals surface area contributed by atoms with Crippen LogP contribution in [-0.4, -0.2) is 22.2 Å². The van der Waals surface area contributed by atoms with E-state index < -0.39 is 11.9 Å². The summed E-state index contributed by atoms with van der Waals surface area (Å²) >= 11 is 0. The van der Waals surface area contributed by atoms with Gasteiger partial charge < -0.3 is 10.2 Å². The molecule has 5 heteroatoms. The maximum absolute atomic E-state index is 10.1. The largest absolute Gasteiger partial charge is 0.481 e. The predicted octanol–water partition coefficient (Wildman–Crippen LogP) is 6.42. The number of carboxylic acid groups (broad SMARTS) is 2. The Morgan fingerprint density at radius 1 is 0.520 bits per heavy atom. The molecule has 0 unspecified atom stereocenters. The van der Waals surface area contributed by atoms with Crippen molar-refractivity contribution in [2.24, 2.45) is 0 Å². The molecule has 0 fully saturated rings. The fourth-order valence-corrected chi connectivity index (χ4v) is 2.47. The molecule has 0 rings (SSSR count). The summed E-state index contributed by atoms with van der Waals surface area (Å²) < 4.78 is 0. The van der Waals surface area contributed by atoms with Crippen molar-refractivity contribution in [3.05, 3.63) is 0 Å². The van der Waals surface area contributed by atoms with E-state index in [0.717, 1.165) is 25.7 Å². The number of hydrogen-bond acceptors (Lipinski definition) is 2. The van der Waals surface area contributed by atoms with E-state index >= 15 is 0 Å². The van der Waals surface area contributed by atoms with Crippen molar-refractivity contribution in [3.8, 4) is 0 Å². The molecule has 152 valence electrons.